The van der Waals surface area contributed by atoms with Crippen LogP contribution in [0.3, 0.4) is 0 Å². The largest absolute Gasteiger partial charge is 0.497 e. The molecule has 0 saturated carbocycles. The highest BCUT2D eigenvalue weighted by atomic mass is 32.2. The fourth-order valence-corrected chi connectivity index (χ4v) is 5.89. The average molecular weight is 596 g/mol. The van der Waals surface area contributed by atoms with Gasteiger partial charge in [-0.1, -0.05) is 44.2 Å². The van der Waals surface area contributed by atoms with E-state index in [1.54, 1.807) is 61.7 Å². The van der Waals surface area contributed by atoms with E-state index in [-0.39, 0.29) is 23.4 Å². The molecule has 3 rings (SSSR count). The molecule has 0 heterocycles. The molecule has 10 heteroatoms. The van der Waals surface area contributed by atoms with Crippen molar-refractivity contribution < 1.29 is 27.5 Å². The Morgan fingerprint density at radius 2 is 1.57 bits per heavy atom. The van der Waals surface area contributed by atoms with Gasteiger partial charge in [0.15, 0.2) is 0 Å². The summed E-state index contributed by atoms with van der Waals surface area (Å²) in [5.41, 5.74) is 1.05. The van der Waals surface area contributed by atoms with Crippen LogP contribution in [-0.4, -0.2) is 57.5 Å². The topological polar surface area (TPSA) is 105 Å². The predicted octanol–water partition coefficient (Wildman–Crippen LogP) is 5.01. The van der Waals surface area contributed by atoms with E-state index >= 15 is 0 Å². The number of rotatable bonds is 15. The van der Waals surface area contributed by atoms with E-state index in [0.29, 0.717) is 30.2 Å². The Hall–Kier alpha value is -4.05. The van der Waals surface area contributed by atoms with E-state index in [9.17, 15) is 18.0 Å². The molecular formula is C32H41N3O6S. The monoisotopic (exact) mass is 595 g/mol. The summed E-state index contributed by atoms with van der Waals surface area (Å²) in [5, 5.41) is 2.98. The van der Waals surface area contributed by atoms with Crippen LogP contribution in [0, 0.1) is 0 Å². The van der Waals surface area contributed by atoms with Gasteiger partial charge in [-0.15, -0.1) is 0 Å². The minimum atomic E-state index is -4.14. The van der Waals surface area contributed by atoms with Gasteiger partial charge in [-0.3, -0.25) is 13.9 Å². The summed E-state index contributed by atoms with van der Waals surface area (Å²) >= 11 is 0. The molecule has 0 aromatic heterocycles. The maximum absolute atomic E-state index is 14.2. The van der Waals surface area contributed by atoms with Crippen LogP contribution < -0.4 is 19.1 Å². The first-order valence-electron chi connectivity index (χ1n) is 14.2. The molecule has 0 bridgehead atoms. The Labute approximate surface area is 249 Å². The molecule has 2 unspecified atom stereocenters. The normalized spacial score (nSPS) is 12.6. The third-order valence-electron chi connectivity index (χ3n) is 6.92. The number of carbonyl (C=O) groups is 2. The molecule has 2 atom stereocenters. The van der Waals surface area contributed by atoms with Gasteiger partial charge in [-0.05, 0) is 80.8 Å². The molecule has 0 radical (unpaired) electrons. The molecule has 0 aliphatic heterocycles. The number of carbonyl (C=O) groups excluding carboxylic acids is 2. The second-order valence-corrected chi connectivity index (χ2v) is 11.7. The number of hydrogen-bond acceptors (Lipinski definition) is 6. The van der Waals surface area contributed by atoms with Crippen molar-refractivity contribution >= 4 is 27.5 Å². The highest BCUT2D eigenvalue weighted by Gasteiger charge is 2.34. The Bertz CT molecular complexity index is 1410. The molecule has 0 aliphatic rings. The standard InChI is InChI=1S/C32H41N3O6S/c1-6-24(4)33-32(37)30(7-2)34(22-25-13-12-14-28(21-25)40-5)31(36)23-35(26-17-19-27(20-18-26)41-8-3)42(38,39)29-15-10-9-11-16-29/h9-21,24,30H,6-8,22-23H2,1-5H3,(H,33,37). The first-order chi connectivity index (χ1) is 20.1. The molecule has 3 aromatic rings. The zero-order valence-electron chi connectivity index (χ0n) is 24.9. The fourth-order valence-electron chi connectivity index (χ4n) is 4.45. The van der Waals surface area contributed by atoms with E-state index < -0.39 is 28.5 Å². The molecule has 0 spiro atoms. The van der Waals surface area contributed by atoms with Gasteiger partial charge in [0.1, 0.15) is 24.1 Å². The maximum Gasteiger partial charge on any atom is 0.264 e. The van der Waals surface area contributed by atoms with Crippen molar-refractivity contribution in [2.45, 2.75) is 64.1 Å². The van der Waals surface area contributed by atoms with Crippen molar-refractivity contribution in [3.8, 4) is 11.5 Å². The van der Waals surface area contributed by atoms with Crippen molar-refractivity contribution in [3.05, 3.63) is 84.4 Å². The van der Waals surface area contributed by atoms with E-state index in [2.05, 4.69) is 5.32 Å². The minimum Gasteiger partial charge on any atom is -0.497 e. The number of sulfonamides is 1. The number of ether oxygens (including phenoxy) is 2. The van der Waals surface area contributed by atoms with E-state index in [1.807, 2.05) is 39.8 Å². The van der Waals surface area contributed by atoms with Crippen molar-refractivity contribution in [2.24, 2.45) is 0 Å². The molecule has 0 saturated heterocycles. The molecule has 0 fully saturated rings. The molecule has 0 aliphatic carbocycles. The van der Waals surface area contributed by atoms with Crippen LogP contribution in [-0.2, 0) is 26.2 Å². The molecule has 9 nitrogen and oxygen atoms in total. The minimum absolute atomic E-state index is 0.0487. The van der Waals surface area contributed by atoms with Crippen LogP contribution in [0.4, 0.5) is 5.69 Å². The Kier molecular flexibility index (Phi) is 11.8. The second kappa shape index (κ2) is 15.3. The number of nitrogens with zero attached hydrogens (tertiary/aromatic N) is 2. The zero-order valence-corrected chi connectivity index (χ0v) is 25.8. The molecule has 1 N–H and O–H groups in total. The van der Waals surface area contributed by atoms with Crippen molar-refractivity contribution in [1.82, 2.24) is 10.2 Å². The number of methoxy groups -OCH3 is 1. The molecule has 42 heavy (non-hydrogen) atoms. The number of anilines is 1. The summed E-state index contributed by atoms with van der Waals surface area (Å²) in [6.45, 7) is 7.59. The summed E-state index contributed by atoms with van der Waals surface area (Å²) < 4.78 is 39.8. The summed E-state index contributed by atoms with van der Waals surface area (Å²) in [6.07, 6.45) is 1.07. The third kappa shape index (κ3) is 8.25. The van der Waals surface area contributed by atoms with Gasteiger partial charge in [0.05, 0.1) is 24.3 Å². The van der Waals surface area contributed by atoms with Crippen LogP contribution in [0.15, 0.2) is 83.8 Å². The fraction of sp³-hybridized carbons (Fsp3) is 0.375. The lowest BCUT2D eigenvalue weighted by Crippen LogP contribution is -2.53. The average Bonchev–Trinajstić information content (AvgIpc) is 3.00. The highest BCUT2D eigenvalue weighted by molar-refractivity contribution is 7.92. The first kappa shape index (κ1) is 32.5. The summed E-state index contributed by atoms with van der Waals surface area (Å²) in [7, 11) is -2.59. The lowest BCUT2D eigenvalue weighted by atomic mass is 10.1. The Balaban J connectivity index is 2.06. The van der Waals surface area contributed by atoms with Crippen LogP contribution >= 0.6 is 0 Å². The number of benzene rings is 3. The van der Waals surface area contributed by atoms with Gasteiger partial charge in [0.25, 0.3) is 10.0 Å². The van der Waals surface area contributed by atoms with Crippen molar-refractivity contribution in [3.63, 3.8) is 0 Å². The lowest BCUT2D eigenvalue weighted by Gasteiger charge is -2.33. The van der Waals surface area contributed by atoms with E-state index in [1.165, 1.54) is 17.0 Å². The van der Waals surface area contributed by atoms with Crippen LogP contribution in [0.5, 0.6) is 11.5 Å². The molecule has 3 aromatic carbocycles. The first-order valence-corrected chi connectivity index (χ1v) is 15.6. The maximum atomic E-state index is 14.2. The van der Waals surface area contributed by atoms with E-state index in [4.69, 9.17) is 9.47 Å². The quantitative estimate of drug-likeness (QED) is 0.265. The van der Waals surface area contributed by atoms with Gasteiger partial charge in [-0.2, -0.15) is 0 Å². The number of nitrogens with one attached hydrogen (secondary N) is 1. The van der Waals surface area contributed by atoms with Gasteiger partial charge in [0, 0.05) is 12.6 Å². The Morgan fingerprint density at radius 3 is 2.17 bits per heavy atom. The molecule has 226 valence electrons. The summed E-state index contributed by atoms with van der Waals surface area (Å²) in [6, 6.07) is 20.9. The van der Waals surface area contributed by atoms with Gasteiger partial charge < -0.3 is 19.7 Å². The van der Waals surface area contributed by atoms with Crippen LogP contribution in [0.2, 0.25) is 0 Å². The Morgan fingerprint density at radius 1 is 0.881 bits per heavy atom. The van der Waals surface area contributed by atoms with Crippen molar-refractivity contribution in [1.29, 1.82) is 0 Å². The van der Waals surface area contributed by atoms with E-state index in [0.717, 1.165) is 16.3 Å². The number of amides is 2. The van der Waals surface area contributed by atoms with Gasteiger partial charge in [-0.25, -0.2) is 8.42 Å². The second-order valence-electron chi connectivity index (χ2n) is 9.87. The highest BCUT2D eigenvalue weighted by Crippen LogP contribution is 2.27. The van der Waals surface area contributed by atoms with Crippen LogP contribution in [0.25, 0.3) is 0 Å². The predicted molar refractivity (Wildman–Crippen MR) is 164 cm³/mol. The SMILES string of the molecule is CCOc1ccc(N(CC(=O)N(Cc2cccc(OC)c2)C(CC)C(=O)NC(C)CC)S(=O)(=O)c2ccccc2)cc1. The summed E-state index contributed by atoms with van der Waals surface area (Å²) in [4.78, 5) is 29.1. The molecule has 2 amide bonds. The summed E-state index contributed by atoms with van der Waals surface area (Å²) in [5.74, 6) is 0.385. The van der Waals surface area contributed by atoms with Gasteiger partial charge in [0.2, 0.25) is 11.8 Å². The smallest absolute Gasteiger partial charge is 0.264 e. The zero-order chi connectivity index (χ0) is 30.7. The van der Waals surface area contributed by atoms with Crippen LogP contribution in [0.1, 0.15) is 46.1 Å². The van der Waals surface area contributed by atoms with Gasteiger partial charge >= 0.3 is 0 Å². The third-order valence-corrected chi connectivity index (χ3v) is 8.71. The number of hydrogen-bond donors (Lipinski definition) is 1. The lowest BCUT2D eigenvalue weighted by molar-refractivity contribution is -0.140. The van der Waals surface area contributed by atoms with Crippen molar-refractivity contribution in [2.75, 3.05) is 24.6 Å². The molecular weight excluding hydrogens is 554 g/mol.